The van der Waals surface area contributed by atoms with Gasteiger partial charge in [-0.2, -0.15) is 21.6 Å². The summed E-state index contributed by atoms with van der Waals surface area (Å²) in [6, 6.07) is 8.95. The number of nitrogens with zero attached hydrogens (tertiary/aromatic N) is 1. The maximum absolute atomic E-state index is 12.5. The van der Waals surface area contributed by atoms with Gasteiger partial charge in [0.25, 0.3) is 0 Å². The maximum Gasteiger partial charge on any atom is 0.534 e. The number of benzene rings is 1. The molecule has 2 rings (SSSR count). The van der Waals surface area contributed by atoms with Crippen LogP contribution in [-0.4, -0.2) is 40.0 Å². The van der Waals surface area contributed by atoms with Gasteiger partial charge in [-0.3, -0.25) is 0 Å². The van der Waals surface area contributed by atoms with Crippen LogP contribution >= 0.6 is 0 Å². The zero-order valence-corrected chi connectivity index (χ0v) is 13.3. The maximum atomic E-state index is 12.5. The molecule has 23 heavy (non-hydrogen) atoms. The lowest BCUT2D eigenvalue weighted by Crippen LogP contribution is -2.42. The molecule has 0 fully saturated rings. The van der Waals surface area contributed by atoms with E-state index in [9.17, 15) is 21.6 Å². The molecule has 1 aromatic rings. The lowest BCUT2D eigenvalue weighted by atomic mass is 9.88. The Kier molecular flexibility index (Phi) is 4.79. The average molecular weight is 349 g/mol. The Labute approximate surface area is 133 Å². The highest BCUT2D eigenvalue weighted by Gasteiger charge is 2.50. The lowest BCUT2D eigenvalue weighted by Gasteiger charge is -2.33. The van der Waals surface area contributed by atoms with Crippen molar-refractivity contribution >= 4 is 17.7 Å². The van der Waals surface area contributed by atoms with Gasteiger partial charge >= 0.3 is 23.2 Å². The van der Waals surface area contributed by atoms with Crippen molar-refractivity contribution in [3.8, 4) is 0 Å². The Morgan fingerprint density at radius 2 is 1.87 bits per heavy atom. The minimum absolute atomic E-state index is 0.0980. The molecule has 0 aromatic heterocycles. The molecule has 1 aliphatic rings. The highest BCUT2D eigenvalue weighted by Crippen LogP contribution is 2.38. The Morgan fingerprint density at radius 3 is 2.39 bits per heavy atom. The number of halogens is 3. The average Bonchev–Trinajstić information content (AvgIpc) is 2.76. The summed E-state index contributed by atoms with van der Waals surface area (Å²) >= 11 is 0. The van der Waals surface area contributed by atoms with Crippen LogP contribution in [0.1, 0.15) is 12.5 Å². The first-order valence-corrected chi connectivity index (χ1v) is 8.03. The fourth-order valence-corrected chi connectivity index (χ4v) is 2.90. The first-order valence-electron chi connectivity index (χ1n) is 6.62. The van der Waals surface area contributed by atoms with E-state index < -0.39 is 21.2 Å². The third-order valence-corrected chi connectivity index (χ3v) is 4.59. The molecule has 1 heterocycles. The second-order valence-corrected chi connectivity index (χ2v) is 6.76. The number of rotatable bonds is 5. The summed E-state index contributed by atoms with van der Waals surface area (Å²) in [5.41, 5.74) is -5.53. The van der Waals surface area contributed by atoms with Crippen LogP contribution in [0, 0.1) is 0 Å². The van der Waals surface area contributed by atoms with Crippen molar-refractivity contribution in [2.45, 2.75) is 18.0 Å². The second-order valence-electron chi connectivity index (χ2n) is 5.22. The van der Waals surface area contributed by atoms with Crippen LogP contribution in [-0.2, 0) is 24.5 Å². The van der Waals surface area contributed by atoms with Gasteiger partial charge < -0.3 is 13.6 Å². The molecule has 0 N–H and O–H groups in total. The fourth-order valence-electron chi connectivity index (χ4n) is 2.42. The predicted molar refractivity (Wildman–Crippen MR) is 78.8 cm³/mol. The highest BCUT2D eigenvalue weighted by atomic mass is 32.2. The Bertz CT molecular complexity index is 693. The van der Waals surface area contributed by atoms with E-state index in [0.717, 1.165) is 5.56 Å². The summed E-state index contributed by atoms with van der Waals surface area (Å²) in [5, 5.41) is 0. The molecule has 0 saturated carbocycles. The van der Waals surface area contributed by atoms with Crippen molar-refractivity contribution in [1.29, 1.82) is 0 Å². The van der Waals surface area contributed by atoms with E-state index in [1.807, 2.05) is 0 Å². The van der Waals surface area contributed by atoms with Crippen molar-refractivity contribution in [3.63, 3.8) is 0 Å². The normalized spacial score (nSPS) is 22.7. The lowest BCUT2D eigenvalue weighted by molar-refractivity contribution is -0.0522. The molecule has 0 amide bonds. The van der Waals surface area contributed by atoms with Gasteiger partial charge in [0, 0.05) is 7.11 Å². The summed E-state index contributed by atoms with van der Waals surface area (Å²) in [7, 11) is -4.15. The van der Waals surface area contributed by atoms with E-state index in [0.29, 0.717) is 0 Å². The van der Waals surface area contributed by atoms with E-state index in [-0.39, 0.29) is 19.9 Å². The molecule has 5 nitrogen and oxygen atoms in total. The van der Waals surface area contributed by atoms with Gasteiger partial charge in [-0.1, -0.05) is 30.3 Å². The van der Waals surface area contributed by atoms with Crippen LogP contribution in [0.25, 0.3) is 0 Å². The molecule has 0 radical (unpaired) electrons. The zero-order valence-electron chi connectivity index (χ0n) is 12.5. The van der Waals surface area contributed by atoms with E-state index in [1.54, 1.807) is 42.1 Å². The summed E-state index contributed by atoms with van der Waals surface area (Å²) in [6.07, 6.45) is 1.37. The van der Waals surface area contributed by atoms with Crippen molar-refractivity contribution in [1.82, 2.24) is 4.81 Å². The Balaban J connectivity index is 2.36. The molecule has 10 heteroatoms. The van der Waals surface area contributed by atoms with Crippen LogP contribution in [0.15, 0.2) is 42.2 Å². The Morgan fingerprint density at radius 1 is 1.26 bits per heavy atom. The molecule has 0 aliphatic carbocycles. The number of hydrogen-bond acceptors (Lipinski definition) is 5. The van der Waals surface area contributed by atoms with Gasteiger partial charge in [-0.05, 0) is 18.6 Å². The smallest absolute Gasteiger partial charge is 0.427 e. The summed E-state index contributed by atoms with van der Waals surface area (Å²) in [6.45, 7) is 1.63. The minimum atomic E-state index is -5.69. The number of hydrogen-bond donors (Lipinski definition) is 0. The summed E-state index contributed by atoms with van der Waals surface area (Å²) in [4.78, 5) is 1.67. The van der Waals surface area contributed by atoms with E-state index >= 15 is 0 Å². The third kappa shape index (κ3) is 3.54. The van der Waals surface area contributed by atoms with Gasteiger partial charge in [-0.25, -0.2) is 0 Å². The van der Waals surface area contributed by atoms with Gasteiger partial charge in [0.05, 0.1) is 12.1 Å². The van der Waals surface area contributed by atoms with Crippen LogP contribution in [0.5, 0.6) is 0 Å². The van der Waals surface area contributed by atoms with Crippen LogP contribution < -0.4 is 0 Å². The molecule has 0 bridgehead atoms. The highest BCUT2D eigenvalue weighted by molar-refractivity contribution is 7.87. The molecule has 1 aromatic carbocycles. The number of alkyl halides is 3. The van der Waals surface area contributed by atoms with Gasteiger partial charge in [0.2, 0.25) is 0 Å². The Hall–Kier alpha value is -1.52. The monoisotopic (exact) mass is 349 g/mol. The van der Waals surface area contributed by atoms with Gasteiger partial charge in [0.15, 0.2) is 0 Å². The second kappa shape index (κ2) is 6.18. The van der Waals surface area contributed by atoms with Crippen LogP contribution in [0.3, 0.4) is 0 Å². The third-order valence-electron chi connectivity index (χ3n) is 3.59. The molecule has 0 spiro atoms. The van der Waals surface area contributed by atoms with E-state index in [2.05, 4.69) is 4.18 Å². The van der Waals surface area contributed by atoms with Crippen molar-refractivity contribution in [2.24, 2.45) is 0 Å². The SMILES string of the molecule is COBN1CC(OS(=O)(=O)C(F)(F)F)=CC1(C)c1ccccc1. The summed E-state index contributed by atoms with van der Waals surface area (Å²) in [5.74, 6) is -0.286. The van der Waals surface area contributed by atoms with Crippen molar-refractivity contribution < 1.29 is 30.4 Å². The van der Waals surface area contributed by atoms with Crippen LogP contribution in [0.2, 0.25) is 0 Å². The molecule has 1 atom stereocenters. The molecular formula is C13H15BF3NO4S. The van der Waals surface area contributed by atoms with Crippen molar-refractivity contribution in [3.05, 3.63) is 47.7 Å². The van der Waals surface area contributed by atoms with E-state index in [4.69, 9.17) is 4.65 Å². The van der Waals surface area contributed by atoms with Crippen molar-refractivity contribution in [2.75, 3.05) is 13.7 Å². The quantitative estimate of drug-likeness (QED) is 0.462. The van der Waals surface area contributed by atoms with Gasteiger partial charge in [0.1, 0.15) is 5.76 Å². The first-order chi connectivity index (χ1) is 10.6. The molecule has 0 saturated heterocycles. The van der Waals surface area contributed by atoms with E-state index in [1.165, 1.54) is 13.2 Å². The molecule has 1 aliphatic heterocycles. The topological polar surface area (TPSA) is 55.8 Å². The zero-order chi connectivity index (χ0) is 17.3. The largest absolute Gasteiger partial charge is 0.534 e. The standard InChI is InChI=1S/C13H15BF3NO4S/c1-12(10-6-4-3-5-7-10)8-11(9-18(12)14-21-2)22-23(19,20)13(15,16)17/h3-8,14H,9H2,1-2H3. The van der Waals surface area contributed by atoms with Crippen LogP contribution in [0.4, 0.5) is 13.2 Å². The molecule has 1 unspecified atom stereocenters. The summed E-state index contributed by atoms with van der Waals surface area (Å²) < 4.78 is 69.1. The minimum Gasteiger partial charge on any atom is -0.427 e. The predicted octanol–water partition coefficient (Wildman–Crippen LogP) is 1.88. The first kappa shape index (κ1) is 17.8. The van der Waals surface area contributed by atoms with Gasteiger partial charge in [-0.15, -0.1) is 0 Å². The molecule has 126 valence electrons. The molecular weight excluding hydrogens is 334 g/mol. The fraction of sp³-hybridized carbons (Fsp3) is 0.385.